The summed E-state index contributed by atoms with van der Waals surface area (Å²) in [5.41, 5.74) is 1.39. The predicted octanol–water partition coefficient (Wildman–Crippen LogP) is 3.85. The number of hydrogen-bond acceptors (Lipinski definition) is 3. The van der Waals surface area contributed by atoms with E-state index in [1.807, 2.05) is 0 Å². The van der Waals surface area contributed by atoms with Crippen LogP contribution in [0.25, 0.3) is 0 Å². The average molecular weight is 290 g/mol. The summed E-state index contributed by atoms with van der Waals surface area (Å²) in [6.45, 7) is 9.65. The number of nitrogens with zero attached hydrogens (tertiary/aromatic N) is 1. The Bertz CT molecular complexity index is 466. The SMILES string of the molecule is Cc1oc(CNC(C)C)cc1CN1CCCC2CCCC21. The van der Waals surface area contributed by atoms with Crippen molar-refractivity contribution >= 4 is 0 Å². The second-order valence-corrected chi connectivity index (χ2v) is 7.20. The summed E-state index contributed by atoms with van der Waals surface area (Å²) in [4.78, 5) is 2.72. The fraction of sp³-hybridized carbons (Fsp3) is 0.778. The maximum atomic E-state index is 5.93. The fourth-order valence-corrected chi connectivity index (χ4v) is 4.11. The lowest BCUT2D eigenvalue weighted by atomic mass is 9.91. The number of rotatable bonds is 5. The molecule has 1 aromatic rings. The minimum absolute atomic E-state index is 0.500. The number of piperidine rings is 1. The second-order valence-electron chi connectivity index (χ2n) is 7.20. The summed E-state index contributed by atoms with van der Waals surface area (Å²) in [5.74, 6) is 3.15. The van der Waals surface area contributed by atoms with Crippen molar-refractivity contribution in [2.75, 3.05) is 6.54 Å². The highest BCUT2D eigenvalue weighted by Crippen LogP contribution is 2.37. The summed E-state index contributed by atoms with van der Waals surface area (Å²) >= 11 is 0. The van der Waals surface area contributed by atoms with Crippen LogP contribution in [0.3, 0.4) is 0 Å². The Morgan fingerprint density at radius 1 is 1.29 bits per heavy atom. The van der Waals surface area contributed by atoms with Gasteiger partial charge in [0.25, 0.3) is 0 Å². The lowest BCUT2D eigenvalue weighted by Crippen LogP contribution is -2.41. The quantitative estimate of drug-likeness (QED) is 0.893. The summed E-state index contributed by atoms with van der Waals surface area (Å²) in [6.07, 6.45) is 7.12. The third-order valence-electron chi connectivity index (χ3n) is 5.24. The first-order chi connectivity index (χ1) is 10.1. The molecule has 3 heteroatoms. The standard InChI is InChI=1S/C18H30N2O/c1-13(2)19-11-17-10-16(14(3)21-17)12-20-9-5-7-15-6-4-8-18(15)20/h10,13,15,18-19H,4-9,11-12H2,1-3H3. The molecule has 1 saturated carbocycles. The van der Waals surface area contributed by atoms with E-state index in [0.29, 0.717) is 6.04 Å². The van der Waals surface area contributed by atoms with Crippen molar-refractivity contribution in [2.24, 2.45) is 5.92 Å². The van der Waals surface area contributed by atoms with Gasteiger partial charge in [0, 0.05) is 24.2 Å². The van der Waals surface area contributed by atoms with E-state index in [-0.39, 0.29) is 0 Å². The topological polar surface area (TPSA) is 28.4 Å². The maximum absolute atomic E-state index is 5.93. The molecule has 3 nitrogen and oxygen atoms in total. The molecule has 2 atom stereocenters. The first kappa shape index (κ1) is 15.1. The Kier molecular flexibility index (Phi) is 4.70. The number of hydrogen-bond donors (Lipinski definition) is 1. The van der Waals surface area contributed by atoms with Gasteiger partial charge in [0.1, 0.15) is 11.5 Å². The molecule has 1 saturated heterocycles. The Hall–Kier alpha value is -0.800. The number of nitrogens with one attached hydrogen (secondary N) is 1. The summed E-state index contributed by atoms with van der Waals surface area (Å²) < 4.78 is 5.93. The van der Waals surface area contributed by atoms with E-state index in [9.17, 15) is 0 Å². The van der Waals surface area contributed by atoms with Crippen molar-refractivity contribution < 1.29 is 4.42 Å². The highest BCUT2D eigenvalue weighted by atomic mass is 16.3. The number of likely N-dealkylation sites (tertiary alicyclic amines) is 1. The normalized spacial score (nSPS) is 26.5. The van der Waals surface area contributed by atoms with Gasteiger partial charge in [0.15, 0.2) is 0 Å². The molecule has 0 amide bonds. The Balaban J connectivity index is 1.64. The number of fused-ring (bicyclic) bond motifs is 1. The van der Waals surface area contributed by atoms with E-state index < -0.39 is 0 Å². The van der Waals surface area contributed by atoms with E-state index in [2.05, 4.69) is 37.1 Å². The largest absolute Gasteiger partial charge is 0.465 e. The van der Waals surface area contributed by atoms with Crippen molar-refractivity contribution in [3.05, 3.63) is 23.2 Å². The maximum Gasteiger partial charge on any atom is 0.118 e. The van der Waals surface area contributed by atoms with Crippen molar-refractivity contribution in [1.82, 2.24) is 10.2 Å². The monoisotopic (exact) mass is 290 g/mol. The third-order valence-corrected chi connectivity index (χ3v) is 5.24. The Morgan fingerprint density at radius 3 is 2.90 bits per heavy atom. The van der Waals surface area contributed by atoms with Crippen LogP contribution in [0.5, 0.6) is 0 Å². The minimum Gasteiger partial charge on any atom is -0.465 e. The lowest BCUT2D eigenvalue weighted by Gasteiger charge is -2.37. The zero-order valence-electron chi connectivity index (χ0n) is 13.8. The molecule has 0 radical (unpaired) electrons. The molecule has 21 heavy (non-hydrogen) atoms. The van der Waals surface area contributed by atoms with E-state index in [0.717, 1.165) is 36.6 Å². The highest BCUT2D eigenvalue weighted by molar-refractivity contribution is 5.21. The Labute approximate surface area is 129 Å². The molecule has 1 N–H and O–H groups in total. The van der Waals surface area contributed by atoms with Crippen LogP contribution in [0.1, 0.15) is 63.0 Å². The second kappa shape index (κ2) is 6.53. The summed E-state index contributed by atoms with van der Waals surface area (Å²) in [6, 6.07) is 3.61. The molecule has 1 aliphatic heterocycles. The molecule has 2 heterocycles. The third kappa shape index (κ3) is 3.51. The van der Waals surface area contributed by atoms with Gasteiger partial charge < -0.3 is 9.73 Å². The van der Waals surface area contributed by atoms with Crippen LogP contribution in [0, 0.1) is 12.8 Å². The molecular weight excluding hydrogens is 260 g/mol. The molecule has 1 aromatic heterocycles. The van der Waals surface area contributed by atoms with Crippen LogP contribution in [-0.4, -0.2) is 23.5 Å². The van der Waals surface area contributed by atoms with Gasteiger partial charge in [-0.05, 0) is 51.1 Å². The van der Waals surface area contributed by atoms with Gasteiger partial charge in [-0.15, -0.1) is 0 Å². The van der Waals surface area contributed by atoms with Crippen molar-refractivity contribution in [3.63, 3.8) is 0 Å². The van der Waals surface area contributed by atoms with Gasteiger partial charge in [-0.25, -0.2) is 0 Å². The molecule has 0 aromatic carbocycles. The van der Waals surface area contributed by atoms with Crippen LogP contribution in [0.2, 0.25) is 0 Å². The molecule has 3 rings (SSSR count). The van der Waals surface area contributed by atoms with Crippen molar-refractivity contribution in [1.29, 1.82) is 0 Å². The molecule has 2 unspecified atom stereocenters. The van der Waals surface area contributed by atoms with Gasteiger partial charge in [0.2, 0.25) is 0 Å². The molecule has 1 aliphatic carbocycles. The van der Waals surface area contributed by atoms with Crippen LogP contribution >= 0.6 is 0 Å². The van der Waals surface area contributed by atoms with Gasteiger partial charge in [-0.1, -0.05) is 20.3 Å². The van der Waals surface area contributed by atoms with Gasteiger partial charge >= 0.3 is 0 Å². The van der Waals surface area contributed by atoms with Gasteiger partial charge in [-0.2, -0.15) is 0 Å². The van der Waals surface area contributed by atoms with E-state index in [4.69, 9.17) is 4.42 Å². The zero-order valence-corrected chi connectivity index (χ0v) is 13.8. The van der Waals surface area contributed by atoms with Crippen LogP contribution in [0.4, 0.5) is 0 Å². The number of aryl methyl sites for hydroxylation is 1. The first-order valence-electron chi connectivity index (χ1n) is 8.69. The molecule has 0 spiro atoms. The lowest BCUT2D eigenvalue weighted by molar-refractivity contribution is 0.105. The highest BCUT2D eigenvalue weighted by Gasteiger charge is 2.35. The van der Waals surface area contributed by atoms with Crippen LogP contribution < -0.4 is 5.32 Å². The molecule has 0 bridgehead atoms. The molecular formula is C18H30N2O. The smallest absolute Gasteiger partial charge is 0.118 e. The fourth-order valence-electron chi connectivity index (χ4n) is 4.11. The average Bonchev–Trinajstić information content (AvgIpc) is 3.04. The molecule has 2 fully saturated rings. The van der Waals surface area contributed by atoms with Crippen molar-refractivity contribution in [2.45, 2.75) is 78.0 Å². The van der Waals surface area contributed by atoms with E-state index in [1.165, 1.54) is 44.2 Å². The number of furan rings is 1. The summed E-state index contributed by atoms with van der Waals surface area (Å²) in [5, 5.41) is 3.44. The predicted molar refractivity (Wildman–Crippen MR) is 86.2 cm³/mol. The Morgan fingerprint density at radius 2 is 2.10 bits per heavy atom. The van der Waals surface area contributed by atoms with Gasteiger partial charge in [0.05, 0.1) is 6.54 Å². The first-order valence-corrected chi connectivity index (χ1v) is 8.69. The van der Waals surface area contributed by atoms with Gasteiger partial charge in [-0.3, -0.25) is 4.90 Å². The van der Waals surface area contributed by atoms with Crippen LogP contribution in [-0.2, 0) is 13.1 Å². The van der Waals surface area contributed by atoms with E-state index in [1.54, 1.807) is 0 Å². The molecule has 2 aliphatic rings. The summed E-state index contributed by atoms with van der Waals surface area (Å²) in [7, 11) is 0. The van der Waals surface area contributed by atoms with Crippen molar-refractivity contribution in [3.8, 4) is 0 Å². The zero-order chi connectivity index (χ0) is 14.8. The van der Waals surface area contributed by atoms with Crippen LogP contribution in [0.15, 0.2) is 10.5 Å². The molecule has 118 valence electrons. The minimum atomic E-state index is 0.500. The van der Waals surface area contributed by atoms with E-state index >= 15 is 0 Å².